The van der Waals surface area contributed by atoms with Crippen molar-refractivity contribution in [2.24, 2.45) is 7.05 Å². The summed E-state index contributed by atoms with van der Waals surface area (Å²) in [6.07, 6.45) is 4.91. The summed E-state index contributed by atoms with van der Waals surface area (Å²) in [5.74, 6) is 0.426. The smallest absolute Gasteiger partial charge is 0.254 e. The van der Waals surface area contributed by atoms with Crippen molar-refractivity contribution in [2.45, 2.75) is 39.7 Å². The van der Waals surface area contributed by atoms with Gasteiger partial charge in [-0.1, -0.05) is 6.07 Å². The van der Waals surface area contributed by atoms with Crippen molar-refractivity contribution < 1.29 is 13.9 Å². The maximum atomic E-state index is 14.0. The molecule has 3 heterocycles. The van der Waals surface area contributed by atoms with Gasteiger partial charge in [-0.2, -0.15) is 10.4 Å². The summed E-state index contributed by atoms with van der Waals surface area (Å²) in [6.45, 7) is 7.46. The van der Waals surface area contributed by atoms with Crippen molar-refractivity contribution in [3.05, 3.63) is 64.2 Å². The number of carbonyl (C=O) groups is 1. The molecule has 8 nitrogen and oxygen atoms in total. The van der Waals surface area contributed by atoms with Gasteiger partial charge in [0.1, 0.15) is 24.1 Å². The van der Waals surface area contributed by atoms with Gasteiger partial charge in [0, 0.05) is 56.3 Å². The molecule has 0 spiro atoms. The number of nitrogens with zero attached hydrogens (tertiary/aromatic N) is 6. The number of aromatic nitrogens is 3. The number of benzene rings is 1. The van der Waals surface area contributed by atoms with E-state index in [4.69, 9.17) is 4.74 Å². The lowest BCUT2D eigenvalue weighted by Gasteiger charge is -2.34. The van der Waals surface area contributed by atoms with Crippen molar-refractivity contribution >= 4 is 5.91 Å². The van der Waals surface area contributed by atoms with E-state index in [0.29, 0.717) is 61.7 Å². The van der Waals surface area contributed by atoms with E-state index >= 15 is 0 Å². The minimum Gasteiger partial charge on any atom is -0.492 e. The molecule has 0 fully saturated rings. The lowest BCUT2D eigenvalue weighted by atomic mass is 9.87. The Morgan fingerprint density at radius 2 is 2.00 bits per heavy atom. The van der Waals surface area contributed by atoms with Gasteiger partial charge in [-0.05, 0) is 63.4 Å². The van der Waals surface area contributed by atoms with E-state index in [2.05, 4.69) is 22.2 Å². The average molecular weight is 519 g/mol. The topological polar surface area (TPSA) is 87.3 Å². The summed E-state index contributed by atoms with van der Waals surface area (Å²) in [4.78, 5) is 22.2. The van der Waals surface area contributed by atoms with Gasteiger partial charge in [0.25, 0.3) is 5.91 Å². The van der Waals surface area contributed by atoms with Crippen LogP contribution in [-0.4, -0.2) is 70.4 Å². The maximum absolute atomic E-state index is 14.0. The highest BCUT2D eigenvalue weighted by Gasteiger charge is 2.32. The average Bonchev–Trinajstić information content (AvgIpc) is 3.24. The zero-order chi connectivity index (χ0) is 27.4. The molecule has 1 aromatic carbocycles. The van der Waals surface area contributed by atoms with Crippen LogP contribution in [0.3, 0.4) is 0 Å². The summed E-state index contributed by atoms with van der Waals surface area (Å²) in [6, 6.07) is 7.73. The van der Waals surface area contributed by atoms with Crippen LogP contribution in [0.2, 0.25) is 0 Å². The second-order valence-electron chi connectivity index (χ2n) is 9.79. The molecule has 2 aromatic heterocycles. The van der Waals surface area contributed by atoms with Crippen molar-refractivity contribution in [3.63, 3.8) is 0 Å². The summed E-state index contributed by atoms with van der Waals surface area (Å²) >= 11 is 0. The van der Waals surface area contributed by atoms with E-state index in [1.54, 1.807) is 10.7 Å². The fourth-order valence-corrected chi connectivity index (χ4v) is 5.07. The molecule has 4 rings (SSSR count). The number of hydrogen-bond acceptors (Lipinski definition) is 6. The second-order valence-corrected chi connectivity index (χ2v) is 9.79. The number of halogens is 1. The summed E-state index contributed by atoms with van der Waals surface area (Å²) < 4.78 is 20.3. The lowest BCUT2D eigenvalue weighted by Crippen LogP contribution is -2.40. The number of nitriles is 1. The van der Waals surface area contributed by atoms with Crippen LogP contribution >= 0.6 is 0 Å². The van der Waals surface area contributed by atoms with Gasteiger partial charge in [-0.15, -0.1) is 0 Å². The van der Waals surface area contributed by atoms with Crippen LogP contribution in [0.1, 0.15) is 58.3 Å². The first-order valence-electron chi connectivity index (χ1n) is 13.0. The molecule has 0 saturated carbocycles. The van der Waals surface area contributed by atoms with E-state index in [0.717, 1.165) is 27.9 Å². The highest BCUT2D eigenvalue weighted by atomic mass is 19.1. The Labute approximate surface area is 223 Å². The first-order chi connectivity index (χ1) is 18.3. The Kier molecular flexibility index (Phi) is 8.42. The molecule has 0 aliphatic carbocycles. The molecule has 1 aliphatic heterocycles. The normalized spacial score (nSPS) is 13.9. The molecule has 0 radical (unpaired) electrons. The third-order valence-corrected chi connectivity index (χ3v) is 7.16. The second kappa shape index (κ2) is 11.7. The molecule has 1 unspecified atom stereocenters. The van der Waals surface area contributed by atoms with Crippen LogP contribution < -0.4 is 4.74 Å². The molecule has 0 N–H and O–H groups in total. The van der Waals surface area contributed by atoms with Gasteiger partial charge < -0.3 is 14.5 Å². The Hall–Kier alpha value is -3.77. The van der Waals surface area contributed by atoms with Crippen LogP contribution in [0.4, 0.5) is 4.39 Å². The predicted molar refractivity (Wildman–Crippen MR) is 144 cm³/mol. The standard InChI is InChI=1S/C29H35FN6O2/c1-6-38-28-15-27(32-17-22(28)16-31)20(3)36-11-8-23-24(26-18-35(5)33-19(26)2)13-21(14-25(23)29(36)37)7-10-34(4)12-9-30/h13-15,17-18,20H,6-12H2,1-5H3. The van der Waals surface area contributed by atoms with Crippen LogP contribution in [0.25, 0.3) is 11.1 Å². The predicted octanol–water partition coefficient (Wildman–Crippen LogP) is 4.26. The highest BCUT2D eigenvalue weighted by Crippen LogP contribution is 2.36. The summed E-state index contributed by atoms with van der Waals surface area (Å²) in [7, 11) is 3.80. The number of amides is 1. The number of aryl methyl sites for hydroxylation is 2. The maximum Gasteiger partial charge on any atom is 0.254 e. The molecule has 1 aliphatic rings. The fourth-order valence-electron chi connectivity index (χ4n) is 5.07. The van der Waals surface area contributed by atoms with Crippen molar-refractivity contribution in [1.29, 1.82) is 5.26 Å². The molecule has 0 bridgehead atoms. The number of fused-ring (bicyclic) bond motifs is 1. The van der Waals surface area contributed by atoms with E-state index in [1.165, 1.54) is 6.20 Å². The van der Waals surface area contributed by atoms with Gasteiger partial charge in [-0.3, -0.25) is 14.5 Å². The van der Waals surface area contributed by atoms with Crippen molar-refractivity contribution in [2.75, 3.05) is 40.0 Å². The number of alkyl halides is 1. The molecule has 200 valence electrons. The minimum atomic E-state index is -0.388. The summed E-state index contributed by atoms with van der Waals surface area (Å²) in [5.41, 5.74) is 6.76. The molecule has 38 heavy (non-hydrogen) atoms. The Balaban J connectivity index is 1.71. The number of ether oxygens (including phenoxy) is 1. The molecule has 0 saturated heterocycles. The monoisotopic (exact) mass is 518 g/mol. The van der Waals surface area contributed by atoms with Gasteiger partial charge in [0.05, 0.1) is 24.0 Å². The Morgan fingerprint density at radius 1 is 1.24 bits per heavy atom. The van der Waals surface area contributed by atoms with Crippen molar-refractivity contribution in [1.82, 2.24) is 24.6 Å². The van der Waals surface area contributed by atoms with Gasteiger partial charge >= 0.3 is 0 Å². The van der Waals surface area contributed by atoms with E-state index in [1.807, 2.05) is 56.9 Å². The molecule has 1 amide bonds. The molecule has 3 aromatic rings. The number of rotatable bonds is 10. The first kappa shape index (κ1) is 27.3. The fraction of sp³-hybridized carbons (Fsp3) is 0.448. The summed E-state index contributed by atoms with van der Waals surface area (Å²) in [5, 5.41) is 13.9. The Bertz CT molecular complexity index is 1360. The lowest BCUT2D eigenvalue weighted by molar-refractivity contribution is 0.0669. The molecular weight excluding hydrogens is 483 g/mol. The Morgan fingerprint density at radius 3 is 2.66 bits per heavy atom. The minimum absolute atomic E-state index is 0.0513. The highest BCUT2D eigenvalue weighted by molar-refractivity contribution is 5.99. The van der Waals surface area contributed by atoms with Crippen LogP contribution in [0, 0.1) is 18.3 Å². The number of likely N-dealkylation sites (N-methyl/N-ethyl adjacent to an activating group) is 1. The zero-order valence-corrected chi connectivity index (χ0v) is 22.8. The molecule has 1 atom stereocenters. The first-order valence-corrected chi connectivity index (χ1v) is 13.0. The molecule has 9 heteroatoms. The third-order valence-electron chi connectivity index (χ3n) is 7.16. The third kappa shape index (κ3) is 5.55. The van der Waals surface area contributed by atoms with Gasteiger partial charge in [0.15, 0.2) is 0 Å². The number of hydrogen-bond donors (Lipinski definition) is 0. The van der Waals surface area contributed by atoms with Crippen LogP contribution in [0.5, 0.6) is 5.75 Å². The largest absolute Gasteiger partial charge is 0.492 e. The van der Waals surface area contributed by atoms with E-state index < -0.39 is 0 Å². The van der Waals surface area contributed by atoms with Gasteiger partial charge in [-0.25, -0.2) is 4.39 Å². The number of pyridine rings is 1. The zero-order valence-electron chi connectivity index (χ0n) is 22.8. The quantitative estimate of drug-likeness (QED) is 0.399. The molecular formula is C29H35FN6O2. The van der Waals surface area contributed by atoms with E-state index in [-0.39, 0.29) is 18.6 Å². The number of carbonyl (C=O) groups excluding carboxylic acids is 1. The van der Waals surface area contributed by atoms with Crippen LogP contribution in [0.15, 0.2) is 30.6 Å². The van der Waals surface area contributed by atoms with Crippen molar-refractivity contribution in [3.8, 4) is 22.9 Å². The van der Waals surface area contributed by atoms with E-state index in [9.17, 15) is 14.4 Å². The van der Waals surface area contributed by atoms with Crippen LogP contribution in [-0.2, 0) is 19.9 Å². The SMILES string of the molecule is CCOc1cc(C(C)N2CCc3c(cc(CCN(C)CCF)cc3-c3cn(C)nc3C)C2=O)ncc1C#N. The van der Waals surface area contributed by atoms with Gasteiger partial charge in [0.2, 0.25) is 0 Å².